The minimum Gasteiger partial charge on any atom is -0.493 e. The highest BCUT2D eigenvalue weighted by Crippen LogP contribution is 2.32. The predicted octanol–water partition coefficient (Wildman–Crippen LogP) is 1.54. The fourth-order valence-electron chi connectivity index (χ4n) is 2.88. The maximum Gasteiger partial charge on any atom is 0.336 e. The summed E-state index contributed by atoms with van der Waals surface area (Å²) in [6.07, 6.45) is 2.82. The van der Waals surface area contributed by atoms with E-state index in [1.807, 2.05) is 0 Å². The van der Waals surface area contributed by atoms with Crippen LogP contribution in [0.2, 0.25) is 0 Å². The molecule has 1 fully saturated rings. The molecule has 10 heteroatoms. The lowest BCUT2D eigenvalue weighted by molar-refractivity contribution is -0.129. The standard InChI is InChI=1S/C17H21N3O6S/c1-24-13-7-6-12(10-14(13)25-2)16-18-19-17(26-16)27(22,23)11-15(21)20-8-4-3-5-9-20/h6-7,10H,3-5,8-9,11H2,1-2H3. The van der Waals surface area contributed by atoms with E-state index >= 15 is 0 Å². The molecule has 2 heterocycles. The lowest BCUT2D eigenvalue weighted by Crippen LogP contribution is -2.39. The quantitative estimate of drug-likeness (QED) is 0.724. The molecule has 1 aliphatic rings. The molecule has 1 aromatic heterocycles. The third-order valence-electron chi connectivity index (χ3n) is 4.33. The summed E-state index contributed by atoms with van der Waals surface area (Å²) < 4.78 is 40.6. The molecule has 1 saturated heterocycles. The van der Waals surface area contributed by atoms with Gasteiger partial charge in [0.25, 0.3) is 0 Å². The molecule has 0 aliphatic carbocycles. The summed E-state index contributed by atoms with van der Waals surface area (Å²) in [5, 5.41) is 6.83. The molecular formula is C17H21N3O6S. The largest absolute Gasteiger partial charge is 0.493 e. The molecule has 0 unspecified atom stereocenters. The number of hydrogen-bond acceptors (Lipinski definition) is 8. The lowest BCUT2D eigenvalue weighted by atomic mass is 10.1. The van der Waals surface area contributed by atoms with Crippen LogP contribution in [0.25, 0.3) is 11.5 Å². The Morgan fingerprint density at radius 3 is 2.48 bits per heavy atom. The first-order valence-corrected chi connectivity index (χ1v) is 10.2. The van der Waals surface area contributed by atoms with E-state index in [2.05, 4.69) is 10.2 Å². The van der Waals surface area contributed by atoms with E-state index in [1.54, 1.807) is 23.1 Å². The van der Waals surface area contributed by atoms with E-state index in [-0.39, 0.29) is 5.89 Å². The molecule has 2 aromatic rings. The third-order valence-corrected chi connectivity index (χ3v) is 5.65. The molecule has 0 N–H and O–H groups in total. The zero-order valence-electron chi connectivity index (χ0n) is 15.2. The van der Waals surface area contributed by atoms with Crippen molar-refractivity contribution in [2.45, 2.75) is 24.5 Å². The van der Waals surface area contributed by atoms with E-state index in [1.165, 1.54) is 14.2 Å². The van der Waals surface area contributed by atoms with Gasteiger partial charge in [0.1, 0.15) is 5.75 Å². The summed E-state index contributed by atoms with van der Waals surface area (Å²) in [7, 11) is -1.02. The van der Waals surface area contributed by atoms with Crippen molar-refractivity contribution in [1.82, 2.24) is 15.1 Å². The zero-order chi connectivity index (χ0) is 19.4. The molecule has 1 amide bonds. The number of benzene rings is 1. The van der Waals surface area contributed by atoms with Crippen LogP contribution in [0.5, 0.6) is 11.5 Å². The minimum absolute atomic E-state index is 0.0138. The van der Waals surface area contributed by atoms with Gasteiger partial charge in [0.15, 0.2) is 11.5 Å². The van der Waals surface area contributed by atoms with E-state index in [0.29, 0.717) is 30.2 Å². The molecular weight excluding hydrogens is 374 g/mol. The fourth-order valence-corrected chi connectivity index (χ4v) is 3.88. The predicted molar refractivity (Wildman–Crippen MR) is 95.3 cm³/mol. The van der Waals surface area contributed by atoms with Crippen molar-refractivity contribution in [2.75, 3.05) is 33.1 Å². The number of aromatic nitrogens is 2. The van der Waals surface area contributed by atoms with Gasteiger partial charge in [-0.25, -0.2) is 8.42 Å². The Bertz CT molecular complexity index is 919. The first kappa shape index (κ1) is 19.2. The Hall–Kier alpha value is -2.62. The Morgan fingerprint density at radius 2 is 1.81 bits per heavy atom. The van der Waals surface area contributed by atoms with E-state index in [4.69, 9.17) is 13.9 Å². The van der Waals surface area contributed by atoms with Crippen molar-refractivity contribution in [3.05, 3.63) is 18.2 Å². The van der Waals surface area contributed by atoms with Crippen LogP contribution >= 0.6 is 0 Å². The second kappa shape index (κ2) is 7.95. The first-order valence-electron chi connectivity index (χ1n) is 8.51. The SMILES string of the molecule is COc1ccc(-c2nnc(S(=O)(=O)CC(=O)N3CCCCC3)o2)cc1OC. The average Bonchev–Trinajstić information content (AvgIpc) is 3.19. The van der Waals surface area contributed by atoms with Crippen LogP contribution in [0.3, 0.4) is 0 Å². The van der Waals surface area contributed by atoms with Gasteiger partial charge >= 0.3 is 5.22 Å². The normalized spacial score (nSPS) is 14.8. The maximum atomic E-state index is 12.5. The molecule has 0 spiro atoms. The highest BCUT2D eigenvalue weighted by molar-refractivity contribution is 7.91. The third kappa shape index (κ3) is 4.21. The van der Waals surface area contributed by atoms with E-state index in [9.17, 15) is 13.2 Å². The molecule has 3 rings (SSSR count). The maximum absolute atomic E-state index is 12.5. The Balaban J connectivity index is 1.79. The van der Waals surface area contributed by atoms with E-state index in [0.717, 1.165) is 19.3 Å². The van der Waals surface area contributed by atoms with Gasteiger partial charge in [-0.1, -0.05) is 5.10 Å². The molecule has 9 nitrogen and oxygen atoms in total. The highest BCUT2D eigenvalue weighted by Gasteiger charge is 2.29. The Labute approximate surface area is 157 Å². The van der Waals surface area contributed by atoms with Crippen LogP contribution in [0.15, 0.2) is 27.8 Å². The summed E-state index contributed by atoms with van der Waals surface area (Å²) in [6, 6.07) is 4.89. The monoisotopic (exact) mass is 395 g/mol. The first-order chi connectivity index (χ1) is 12.9. The van der Waals surface area contributed by atoms with Gasteiger partial charge in [-0.15, -0.1) is 5.10 Å². The summed E-state index contributed by atoms with van der Waals surface area (Å²) in [5.41, 5.74) is 0.476. The summed E-state index contributed by atoms with van der Waals surface area (Å²) >= 11 is 0. The number of hydrogen-bond donors (Lipinski definition) is 0. The average molecular weight is 395 g/mol. The molecule has 0 bridgehead atoms. The number of nitrogens with zero attached hydrogens (tertiary/aromatic N) is 3. The number of amides is 1. The number of methoxy groups -OCH3 is 2. The topological polar surface area (TPSA) is 112 Å². The van der Waals surface area contributed by atoms with Crippen LogP contribution in [-0.2, 0) is 14.6 Å². The van der Waals surface area contributed by atoms with Gasteiger partial charge in [0.2, 0.25) is 21.6 Å². The van der Waals surface area contributed by atoms with Gasteiger partial charge < -0.3 is 18.8 Å². The van der Waals surface area contributed by atoms with Gasteiger partial charge in [-0.3, -0.25) is 4.79 Å². The molecule has 1 aliphatic heterocycles. The second-order valence-corrected chi connectivity index (χ2v) is 8.01. The summed E-state index contributed by atoms with van der Waals surface area (Å²) in [6.45, 7) is 1.16. The summed E-state index contributed by atoms with van der Waals surface area (Å²) in [4.78, 5) is 13.8. The molecule has 0 atom stereocenters. The number of likely N-dealkylation sites (tertiary alicyclic amines) is 1. The smallest absolute Gasteiger partial charge is 0.336 e. The molecule has 146 valence electrons. The second-order valence-electron chi connectivity index (χ2n) is 6.14. The van der Waals surface area contributed by atoms with Crippen molar-refractivity contribution in [1.29, 1.82) is 0 Å². The molecule has 0 radical (unpaired) electrons. The van der Waals surface area contributed by atoms with Gasteiger partial charge in [-0.2, -0.15) is 0 Å². The van der Waals surface area contributed by atoms with Crippen LogP contribution < -0.4 is 9.47 Å². The van der Waals surface area contributed by atoms with Crippen LogP contribution in [-0.4, -0.2) is 62.5 Å². The van der Waals surface area contributed by atoms with Crippen LogP contribution in [0, 0.1) is 0 Å². The number of sulfone groups is 1. The van der Waals surface area contributed by atoms with Gasteiger partial charge in [0, 0.05) is 18.7 Å². The van der Waals surface area contributed by atoms with Crippen LogP contribution in [0.4, 0.5) is 0 Å². The molecule has 1 aromatic carbocycles. The fraction of sp³-hybridized carbons (Fsp3) is 0.471. The Kier molecular flexibility index (Phi) is 5.64. The van der Waals surface area contributed by atoms with Crippen molar-refractivity contribution >= 4 is 15.7 Å². The number of carbonyl (C=O) groups is 1. The number of rotatable bonds is 6. The van der Waals surface area contributed by atoms with Gasteiger partial charge in [0.05, 0.1) is 14.2 Å². The summed E-state index contributed by atoms with van der Waals surface area (Å²) in [5.74, 6) is -0.153. The van der Waals surface area contributed by atoms with Crippen molar-refractivity contribution < 1.29 is 27.1 Å². The number of piperidine rings is 1. The molecule has 0 saturated carbocycles. The van der Waals surface area contributed by atoms with Gasteiger partial charge in [-0.05, 0) is 37.5 Å². The van der Waals surface area contributed by atoms with Crippen molar-refractivity contribution in [3.63, 3.8) is 0 Å². The van der Waals surface area contributed by atoms with E-state index < -0.39 is 26.7 Å². The Morgan fingerprint density at radius 1 is 1.11 bits per heavy atom. The minimum atomic E-state index is -4.01. The number of carbonyl (C=O) groups excluding carboxylic acids is 1. The lowest BCUT2D eigenvalue weighted by Gasteiger charge is -2.26. The molecule has 27 heavy (non-hydrogen) atoms. The van der Waals surface area contributed by atoms with Crippen molar-refractivity contribution in [2.24, 2.45) is 0 Å². The number of ether oxygens (including phenoxy) is 2. The van der Waals surface area contributed by atoms with Crippen molar-refractivity contribution in [3.8, 4) is 23.0 Å². The highest BCUT2D eigenvalue weighted by atomic mass is 32.2. The zero-order valence-corrected chi connectivity index (χ0v) is 16.0. The van der Waals surface area contributed by atoms with Crippen LogP contribution in [0.1, 0.15) is 19.3 Å².